The summed E-state index contributed by atoms with van der Waals surface area (Å²) in [5.41, 5.74) is 0.801. The third-order valence-corrected chi connectivity index (χ3v) is 1.55. The third kappa shape index (κ3) is 1.38. The molecular formula is C8H7AgN2. The molecule has 0 aromatic rings. The fourth-order valence-corrected chi connectivity index (χ4v) is 1.04. The molecule has 2 heterocycles. The molecule has 0 saturated heterocycles. The van der Waals surface area contributed by atoms with Crippen LogP contribution < -0.4 is 0 Å². The number of rotatable bonds is 0. The van der Waals surface area contributed by atoms with E-state index in [2.05, 4.69) is 4.99 Å². The molecule has 0 aromatic heterocycles. The maximum absolute atomic E-state index is 5.63. The van der Waals surface area contributed by atoms with Gasteiger partial charge in [-0.15, -0.1) is 5.70 Å². The SMILES string of the molecule is [Ag+].[CH-]=C1CN=C2C=CC=CN12. The summed E-state index contributed by atoms with van der Waals surface area (Å²) in [6.45, 7) is 6.26. The second-order valence-corrected chi connectivity index (χ2v) is 2.24. The molecule has 0 unspecified atom stereocenters. The number of allylic oxidation sites excluding steroid dienone is 2. The first-order valence-corrected chi connectivity index (χ1v) is 3.18. The van der Waals surface area contributed by atoms with Crippen molar-refractivity contribution in [1.29, 1.82) is 0 Å². The zero-order valence-corrected chi connectivity index (χ0v) is 7.27. The van der Waals surface area contributed by atoms with E-state index in [1.807, 2.05) is 29.3 Å². The number of amidine groups is 1. The summed E-state index contributed by atoms with van der Waals surface area (Å²) >= 11 is 0. The van der Waals surface area contributed by atoms with Crippen LogP contribution in [-0.4, -0.2) is 17.3 Å². The summed E-state index contributed by atoms with van der Waals surface area (Å²) in [5.74, 6) is 0.944. The first-order chi connectivity index (χ1) is 4.88. The van der Waals surface area contributed by atoms with Crippen molar-refractivity contribution >= 4 is 5.84 Å². The Bertz CT molecular complexity index is 263. The average Bonchev–Trinajstić information content (AvgIpc) is 2.34. The van der Waals surface area contributed by atoms with Crippen LogP contribution in [-0.2, 0) is 22.4 Å². The molecule has 0 fully saturated rings. The molecule has 0 bridgehead atoms. The Morgan fingerprint density at radius 1 is 1.45 bits per heavy atom. The van der Waals surface area contributed by atoms with Crippen molar-refractivity contribution in [3.05, 3.63) is 36.7 Å². The van der Waals surface area contributed by atoms with E-state index < -0.39 is 0 Å². The van der Waals surface area contributed by atoms with Gasteiger partial charge in [-0.2, -0.15) is 0 Å². The maximum atomic E-state index is 5.63. The van der Waals surface area contributed by atoms with Gasteiger partial charge in [0.05, 0.1) is 0 Å². The van der Waals surface area contributed by atoms with Crippen molar-refractivity contribution in [2.75, 3.05) is 6.54 Å². The minimum atomic E-state index is 0. The van der Waals surface area contributed by atoms with Crippen LogP contribution in [0.2, 0.25) is 0 Å². The number of fused-ring (bicyclic) bond motifs is 1. The van der Waals surface area contributed by atoms with Crippen LogP contribution in [0.1, 0.15) is 0 Å². The Morgan fingerprint density at radius 3 is 3.00 bits per heavy atom. The molecule has 0 aliphatic carbocycles. The van der Waals surface area contributed by atoms with E-state index in [0.717, 1.165) is 11.5 Å². The molecule has 0 spiro atoms. The Labute approximate surface area is 81.5 Å². The summed E-state index contributed by atoms with van der Waals surface area (Å²) < 4.78 is 0. The van der Waals surface area contributed by atoms with Gasteiger partial charge in [-0.3, -0.25) is 4.99 Å². The van der Waals surface area contributed by atoms with Gasteiger partial charge in [0.15, 0.2) is 0 Å². The number of aliphatic imine (C=N–C) groups is 1. The second-order valence-electron chi connectivity index (χ2n) is 2.24. The Kier molecular flexibility index (Phi) is 2.49. The summed E-state index contributed by atoms with van der Waals surface area (Å²) in [6, 6.07) is 0. The van der Waals surface area contributed by atoms with Crippen LogP contribution in [0.15, 0.2) is 35.1 Å². The molecule has 0 saturated carbocycles. The molecule has 3 heteroatoms. The van der Waals surface area contributed by atoms with E-state index in [1.165, 1.54) is 0 Å². The second kappa shape index (κ2) is 3.22. The van der Waals surface area contributed by atoms with Crippen LogP contribution in [0.3, 0.4) is 0 Å². The van der Waals surface area contributed by atoms with Crippen LogP contribution >= 0.6 is 0 Å². The van der Waals surface area contributed by atoms with Crippen LogP contribution in [0.4, 0.5) is 0 Å². The van der Waals surface area contributed by atoms with E-state index in [4.69, 9.17) is 6.58 Å². The maximum Gasteiger partial charge on any atom is 1.00 e. The molecule has 60 valence electrons. The molecule has 2 nitrogen and oxygen atoms in total. The quantitative estimate of drug-likeness (QED) is 0.456. The van der Waals surface area contributed by atoms with Gasteiger partial charge in [0.1, 0.15) is 5.84 Å². The molecule has 0 amide bonds. The molecule has 0 radical (unpaired) electrons. The van der Waals surface area contributed by atoms with Gasteiger partial charge in [0, 0.05) is 12.7 Å². The van der Waals surface area contributed by atoms with E-state index in [0.29, 0.717) is 6.54 Å². The van der Waals surface area contributed by atoms with Gasteiger partial charge in [-0.05, 0) is 12.2 Å². The summed E-state index contributed by atoms with van der Waals surface area (Å²) in [6.07, 6.45) is 7.76. The molecule has 11 heavy (non-hydrogen) atoms. The van der Waals surface area contributed by atoms with Crippen LogP contribution in [0, 0.1) is 6.58 Å². The van der Waals surface area contributed by atoms with E-state index in [-0.39, 0.29) is 22.4 Å². The minimum absolute atomic E-state index is 0. The fraction of sp³-hybridized carbons (Fsp3) is 0.125. The van der Waals surface area contributed by atoms with Crippen molar-refractivity contribution < 1.29 is 22.4 Å². The number of hydrogen-bond acceptors (Lipinski definition) is 2. The van der Waals surface area contributed by atoms with Gasteiger partial charge in [0.2, 0.25) is 0 Å². The number of hydrogen-bond donors (Lipinski definition) is 0. The Hall–Kier alpha value is -0.570. The molecule has 2 rings (SSSR count). The predicted molar refractivity (Wildman–Crippen MR) is 40.2 cm³/mol. The smallest absolute Gasteiger partial charge is 0.491 e. The first kappa shape index (κ1) is 8.53. The molecule has 2 aliphatic rings. The van der Waals surface area contributed by atoms with E-state index >= 15 is 0 Å². The average molecular weight is 239 g/mol. The molecule has 2 aliphatic heterocycles. The standard InChI is InChI=1S/C8H7N2.Ag/c1-7-6-9-8-4-2-3-5-10(7)8;/h1-5H,6H2;/q-1;+1. The first-order valence-electron chi connectivity index (χ1n) is 3.18. The van der Waals surface area contributed by atoms with Crippen molar-refractivity contribution in [2.45, 2.75) is 0 Å². The van der Waals surface area contributed by atoms with Crippen molar-refractivity contribution in [3.63, 3.8) is 0 Å². The van der Waals surface area contributed by atoms with Gasteiger partial charge in [-0.1, -0.05) is 6.08 Å². The van der Waals surface area contributed by atoms with E-state index in [9.17, 15) is 0 Å². The summed E-state index contributed by atoms with van der Waals surface area (Å²) in [7, 11) is 0. The molecule has 0 N–H and O–H groups in total. The summed E-state index contributed by atoms with van der Waals surface area (Å²) in [4.78, 5) is 6.07. The van der Waals surface area contributed by atoms with Gasteiger partial charge < -0.3 is 11.5 Å². The largest absolute Gasteiger partial charge is 1.00 e. The Morgan fingerprint density at radius 2 is 2.27 bits per heavy atom. The van der Waals surface area contributed by atoms with Gasteiger partial charge >= 0.3 is 22.4 Å². The van der Waals surface area contributed by atoms with E-state index in [1.54, 1.807) is 0 Å². The van der Waals surface area contributed by atoms with Gasteiger partial charge in [-0.25, -0.2) is 0 Å². The van der Waals surface area contributed by atoms with Crippen molar-refractivity contribution in [3.8, 4) is 0 Å². The summed E-state index contributed by atoms with van der Waals surface area (Å²) in [5, 5.41) is 0. The van der Waals surface area contributed by atoms with Crippen molar-refractivity contribution in [1.82, 2.24) is 4.90 Å². The zero-order chi connectivity index (χ0) is 6.97. The monoisotopic (exact) mass is 238 g/mol. The van der Waals surface area contributed by atoms with Crippen molar-refractivity contribution in [2.24, 2.45) is 4.99 Å². The fourth-order valence-electron chi connectivity index (χ4n) is 1.04. The van der Waals surface area contributed by atoms with Crippen LogP contribution in [0.25, 0.3) is 0 Å². The normalized spacial score (nSPS) is 19.5. The van der Waals surface area contributed by atoms with Crippen LogP contribution in [0.5, 0.6) is 0 Å². The minimum Gasteiger partial charge on any atom is -0.491 e. The number of nitrogens with zero attached hydrogens (tertiary/aromatic N) is 2. The molecule has 0 atom stereocenters. The molecule has 0 aromatic carbocycles. The predicted octanol–water partition coefficient (Wildman–Crippen LogP) is 1.10. The topological polar surface area (TPSA) is 15.6 Å². The molecular weight excluding hydrogens is 232 g/mol. The Balaban J connectivity index is 0.000000605. The third-order valence-electron chi connectivity index (χ3n) is 1.55. The van der Waals surface area contributed by atoms with Gasteiger partial charge in [0.25, 0.3) is 0 Å². The zero-order valence-electron chi connectivity index (χ0n) is 5.79.